The van der Waals surface area contributed by atoms with Crippen LogP contribution < -0.4 is 5.32 Å². The predicted molar refractivity (Wildman–Crippen MR) is 117 cm³/mol. The van der Waals surface area contributed by atoms with Crippen LogP contribution in [0.25, 0.3) is 0 Å². The van der Waals surface area contributed by atoms with Crippen molar-refractivity contribution in [3.8, 4) is 0 Å². The van der Waals surface area contributed by atoms with Crippen molar-refractivity contribution in [3.63, 3.8) is 0 Å². The summed E-state index contributed by atoms with van der Waals surface area (Å²) in [7, 11) is 0. The molecular formula is C21H17ClF3N3O2S. The van der Waals surface area contributed by atoms with E-state index in [1.807, 2.05) is 0 Å². The number of amidine groups is 1. The standard InChI is InChI=1S/C21H17ClF3N3O2S/c1-2-10-28-19(30)17(31-20(28)27-15-8-6-14(22)7-9-15)12-18(29)26-16-5-3-4-13(11-16)21(23,24)25/h2-9,11,17H,1,10,12H2,(H,26,29). The molecule has 2 aromatic carbocycles. The van der Waals surface area contributed by atoms with Crippen molar-refractivity contribution >= 4 is 51.7 Å². The van der Waals surface area contributed by atoms with Crippen LogP contribution in [0.3, 0.4) is 0 Å². The van der Waals surface area contributed by atoms with Crippen molar-refractivity contribution in [2.45, 2.75) is 17.8 Å². The molecule has 0 aromatic heterocycles. The van der Waals surface area contributed by atoms with Gasteiger partial charge in [-0.3, -0.25) is 14.5 Å². The van der Waals surface area contributed by atoms with E-state index in [9.17, 15) is 22.8 Å². The molecule has 2 amide bonds. The summed E-state index contributed by atoms with van der Waals surface area (Å²) in [4.78, 5) is 31.0. The van der Waals surface area contributed by atoms with Crippen LogP contribution in [-0.4, -0.2) is 33.7 Å². The predicted octanol–water partition coefficient (Wildman–Crippen LogP) is 5.51. The first-order chi connectivity index (χ1) is 14.7. The molecule has 0 spiro atoms. The van der Waals surface area contributed by atoms with Gasteiger partial charge in [0.1, 0.15) is 5.25 Å². The number of amides is 2. The zero-order chi connectivity index (χ0) is 22.6. The largest absolute Gasteiger partial charge is 0.416 e. The number of thioether (sulfide) groups is 1. The van der Waals surface area contributed by atoms with Gasteiger partial charge in [-0.25, -0.2) is 4.99 Å². The highest BCUT2D eigenvalue weighted by Gasteiger charge is 2.38. The van der Waals surface area contributed by atoms with Gasteiger partial charge in [0.05, 0.1) is 11.3 Å². The fraction of sp³-hybridized carbons (Fsp3) is 0.190. The SMILES string of the molecule is C=CCN1C(=O)C(CC(=O)Nc2cccc(C(F)(F)F)c2)SC1=Nc1ccc(Cl)cc1. The molecule has 1 heterocycles. The number of nitrogens with one attached hydrogen (secondary N) is 1. The molecule has 0 radical (unpaired) electrons. The van der Waals surface area contributed by atoms with E-state index in [0.717, 1.165) is 23.9 Å². The lowest BCUT2D eigenvalue weighted by Gasteiger charge is -2.14. The van der Waals surface area contributed by atoms with E-state index in [0.29, 0.717) is 15.9 Å². The third-order valence-electron chi connectivity index (χ3n) is 4.23. The average Bonchev–Trinajstić information content (AvgIpc) is 2.98. The van der Waals surface area contributed by atoms with Gasteiger partial charge in [-0.05, 0) is 42.5 Å². The van der Waals surface area contributed by atoms with Crippen LogP contribution in [0, 0.1) is 0 Å². The summed E-state index contributed by atoms with van der Waals surface area (Å²) in [6, 6.07) is 11.0. The van der Waals surface area contributed by atoms with Gasteiger partial charge >= 0.3 is 6.18 Å². The van der Waals surface area contributed by atoms with E-state index >= 15 is 0 Å². The summed E-state index contributed by atoms with van der Waals surface area (Å²) < 4.78 is 38.5. The number of aliphatic imine (C=N–C) groups is 1. The molecule has 162 valence electrons. The van der Waals surface area contributed by atoms with Gasteiger partial charge in [0.15, 0.2) is 5.17 Å². The summed E-state index contributed by atoms with van der Waals surface area (Å²) in [6.07, 6.45) is -3.19. The maximum Gasteiger partial charge on any atom is 0.416 e. The minimum Gasteiger partial charge on any atom is -0.326 e. The number of carbonyl (C=O) groups excluding carboxylic acids is 2. The van der Waals surface area contributed by atoms with Crippen LogP contribution >= 0.6 is 23.4 Å². The second-order valence-electron chi connectivity index (χ2n) is 6.55. The summed E-state index contributed by atoms with van der Waals surface area (Å²) in [5, 5.41) is 2.62. The van der Waals surface area contributed by atoms with Crippen LogP contribution in [-0.2, 0) is 15.8 Å². The van der Waals surface area contributed by atoms with Gasteiger partial charge in [0, 0.05) is 23.7 Å². The monoisotopic (exact) mass is 467 g/mol. The lowest BCUT2D eigenvalue weighted by atomic mass is 10.2. The maximum absolute atomic E-state index is 12.8. The normalized spacial score (nSPS) is 17.8. The highest BCUT2D eigenvalue weighted by atomic mass is 35.5. The van der Waals surface area contributed by atoms with E-state index in [2.05, 4.69) is 16.9 Å². The van der Waals surface area contributed by atoms with Crippen molar-refractivity contribution in [1.82, 2.24) is 4.90 Å². The zero-order valence-corrected chi connectivity index (χ0v) is 17.6. The molecular weight excluding hydrogens is 451 g/mol. The Kier molecular flexibility index (Phi) is 7.07. The van der Waals surface area contributed by atoms with E-state index < -0.39 is 22.9 Å². The Hall–Kier alpha value is -2.78. The number of hydrogen-bond acceptors (Lipinski definition) is 4. The molecule has 2 aromatic rings. The molecule has 5 nitrogen and oxygen atoms in total. The van der Waals surface area contributed by atoms with E-state index in [4.69, 9.17) is 11.6 Å². The smallest absolute Gasteiger partial charge is 0.326 e. The molecule has 1 atom stereocenters. The Morgan fingerprint density at radius 3 is 2.61 bits per heavy atom. The quantitative estimate of drug-likeness (QED) is 0.570. The molecule has 1 fully saturated rings. The first kappa shape index (κ1) is 22.9. The number of nitrogens with zero attached hydrogens (tertiary/aromatic N) is 2. The number of anilines is 1. The van der Waals surface area contributed by atoms with Gasteiger partial charge in [-0.2, -0.15) is 13.2 Å². The highest BCUT2D eigenvalue weighted by molar-refractivity contribution is 8.15. The Labute approximate surface area is 186 Å². The second kappa shape index (κ2) is 9.57. The third-order valence-corrected chi connectivity index (χ3v) is 5.65. The molecule has 1 aliphatic heterocycles. The molecule has 1 N–H and O–H groups in total. The van der Waals surface area contributed by atoms with E-state index in [1.54, 1.807) is 30.3 Å². The summed E-state index contributed by atoms with van der Waals surface area (Å²) in [6.45, 7) is 3.85. The van der Waals surface area contributed by atoms with Crippen molar-refractivity contribution in [2.75, 3.05) is 11.9 Å². The minimum atomic E-state index is -4.52. The molecule has 1 aliphatic rings. The van der Waals surface area contributed by atoms with Gasteiger partial charge in [0.2, 0.25) is 11.8 Å². The van der Waals surface area contributed by atoms with Crippen LogP contribution in [0.15, 0.2) is 66.2 Å². The Balaban J connectivity index is 1.72. The lowest BCUT2D eigenvalue weighted by Crippen LogP contribution is -2.33. The van der Waals surface area contributed by atoms with Crippen molar-refractivity contribution in [2.24, 2.45) is 4.99 Å². The Morgan fingerprint density at radius 1 is 1.26 bits per heavy atom. The topological polar surface area (TPSA) is 61.8 Å². The Bertz CT molecular complexity index is 1030. The van der Waals surface area contributed by atoms with Crippen LogP contribution in [0.1, 0.15) is 12.0 Å². The molecule has 0 saturated carbocycles. The lowest BCUT2D eigenvalue weighted by molar-refractivity contribution is -0.137. The van der Waals surface area contributed by atoms with Gasteiger partial charge < -0.3 is 5.32 Å². The first-order valence-electron chi connectivity index (χ1n) is 9.07. The number of rotatable bonds is 6. The van der Waals surface area contributed by atoms with E-state index in [-0.39, 0.29) is 24.6 Å². The molecule has 1 saturated heterocycles. The average molecular weight is 468 g/mol. The summed E-state index contributed by atoms with van der Waals surface area (Å²) in [5.41, 5.74) is -0.276. The van der Waals surface area contributed by atoms with Crippen LogP contribution in [0.2, 0.25) is 5.02 Å². The molecule has 10 heteroatoms. The maximum atomic E-state index is 12.8. The first-order valence-corrected chi connectivity index (χ1v) is 10.3. The molecule has 0 bridgehead atoms. The van der Waals surface area contributed by atoms with Crippen molar-refractivity contribution < 1.29 is 22.8 Å². The van der Waals surface area contributed by atoms with Crippen molar-refractivity contribution in [1.29, 1.82) is 0 Å². The Morgan fingerprint density at radius 2 is 1.97 bits per heavy atom. The summed E-state index contributed by atoms with van der Waals surface area (Å²) >= 11 is 6.99. The van der Waals surface area contributed by atoms with Gasteiger partial charge in [-0.15, -0.1) is 6.58 Å². The third kappa shape index (κ3) is 5.89. The fourth-order valence-electron chi connectivity index (χ4n) is 2.80. The fourth-order valence-corrected chi connectivity index (χ4v) is 4.10. The molecule has 0 aliphatic carbocycles. The van der Waals surface area contributed by atoms with E-state index in [1.165, 1.54) is 17.0 Å². The molecule has 1 unspecified atom stereocenters. The second-order valence-corrected chi connectivity index (χ2v) is 8.15. The van der Waals surface area contributed by atoms with Gasteiger partial charge in [-0.1, -0.05) is 35.5 Å². The summed E-state index contributed by atoms with van der Waals surface area (Å²) in [5.74, 6) is -0.895. The molecule has 3 rings (SSSR count). The number of alkyl halides is 3. The zero-order valence-electron chi connectivity index (χ0n) is 16.0. The minimum absolute atomic E-state index is 0.00766. The number of halogens is 4. The van der Waals surface area contributed by atoms with Gasteiger partial charge in [0.25, 0.3) is 0 Å². The number of carbonyl (C=O) groups is 2. The number of hydrogen-bond donors (Lipinski definition) is 1. The van der Waals surface area contributed by atoms with Crippen LogP contribution in [0.4, 0.5) is 24.5 Å². The number of benzene rings is 2. The van der Waals surface area contributed by atoms with Crippen LogP contribution in [0.5, 0.6) is 0 Å². The highest BCUT2D eigenvalue weighted by Crippen LogP contribution is 2.33. The van der Waals surface area contributed by atoms with Crippen molar-refractivity contribution in [3.05, 3.63) is 71.8 Å². The molecule has 31 heavy (non-hydrogen) atoms.